The highest BCUT2D eigenvalue weighted by molar-refractivity contribution is 9.09. The van der Waals surface area contributed by atoms with Gasteiger partial charge in [-0.05, 0) is 18.3 Å². The second-order valence-electron chi connectivity index (χ2n) is 4.31. The van der Waals surface area contributed by atoms with Crippen LogP contribution in [0.4, 0.5) is 0 Å². The van der Waals surface area contributed by atoms with Gasteiger partial charge in [0.2, 0.25) is 0 Å². The van der Waals surface area contributed by atoms with Crippen molar-refractivity contribution in [1.29, 1.82) is 0 Å². The number of unbranched alkanes of at least 4 members (excludes halogenated alkanes) is 1. The normalized spacial score (nSPS) is 18.2. The number of hydrogen-bond donors (Lipinski definition) is 0. The fraction of sp³-hybridized carbons (Fsp3) is 1.00. The molecule has 3 unspecified atom stereocenters. The van der Waals surface area contributed by atoms with Gasteiger partial charge in [-0.25, -0.2) is 0 Å². The maximum Gasteiger partial charge on any atom is 0.0143 e. The average Bonchev–Trinajstić information content (AvgIpc) is 2.11. The molecular formula is C12H25Br. The van der Waals surface area contributed by atoms with Crippen LogP contribution in [0.25, 0.3) is 0 Å². The van der Waals surface area contributed by atoms with Gasteiger partial charge in [0.15, 0.2) is 0 Å². The quantitative estimate of drug-likeness (QED) is 0.556. The zero-order valence-corrected chi connectivity index (χ0v) is 11.2. The van der Waals surface area contributed by atoms with Crippen LogP contribution in [0.1, 0.15) is 59.8 Å². The molecule has 0 aromatic carbocycles. The van der Waals surface area contributed by atoms with Crippen molar-refractivity contribution in [2.24, 2.45) is 11.8 Å². The van der Waals surface area contributed by atoms with Gasteiger partial charge in [-0.1, -0.05) is 69.3 Å². The Morgan fingerprint density at radius 1 is 1.15 bits per heavy atom. The summed E-state index contributed by atoms with van der Waals surface area (Å²) in [7, 11) is 0. The Kier molecular flexibility index (Phi) is 8.13. The Bertz CT molecular complexity index is 110. The monoisotopic (exact) mass is 248 g/mol. The first-order valence-corrected chi connectivity index (χ1v) is 6.67. The summed E-state index contributed by atoms with van der Waals surface area (Å²) in [5.74, 6) is 1.77. The molecule has 0 aliphatic heterocycles. The first kappa shape index (κ1) is 13.5. The van der Waals surface area contributed by atoms with E-state index in [9.17, 15) is 0 Å². The SMILES string of the molecule is CCCCC(CC)CC(C)C(C)Br. The Labute approximate surface area is 92.6 Å². The second-order valence-corrected chi connectivity index (χ2v) is 5.75. The Morgan fingerprint density at radius 3 is 2.15 bits per heavy atom. The third-order valence-corrected chi connectivity index (χ3v) is 3.93. The molecule has 0 aliphatic carbocycles. The van der Waals surface area contributed by atoms with Crippen LogP contribution in [-0.4, -0.2) is 4.83 Å². The lowest BCUT2D eigenvalue weighted by Crippen LogP contribution is -2.12. The summed E-state index contributed by atoms with van der Waals surface area (Å²) in [4.78, 5) is 0.670. The molecule has 13 heavy (non-hydrogen) atoms. The van der Waals surface area contributed by atoms with E-state index in [1.807, 2.05) is 0 Å². The molecule has 0 bridgehead atoms. The lowest BCUT2D eigenvalue weighted by molar-refractivity contribution is 0.352. The molecule has 0 spiro atoms. The van der Waals surface area contributed by atoms with Gasteiger partial charge in [-0.15, -0.1) is 0 Å². The van der Waals surface area contributed by atoms with E-state index in [1.165, 1.54) is 32.1 Å². The van der Waals surface area contributed by atoms with Gasteiger partial charge in [-0.3, -0.25) is 0 Å². The average molecular weight is 249 g/mol. The van der Waals surface area contributed by atoms with E-state index in [-0.39, 0.29) is 0 Å². The third kappa shape index (κ3) is 6.54. The molecule has 0 aliphatic rings. The summed E-state index contributed by atoms with van der Waals surface area (Å²) in [6, 6.07) is 0. The first-order chi connectivity index (χ1) is 6.11. The van der Waals surface area contributed by atoms with Crippen molar-refractivity contribution < 1.29 is 0 Å². The minimum Gasteiger partial charge on any atom is -0.0891 e. The van der Waals surface area contributed by atoms with E-state index >= 15 is 0 Å². The van der Waals surface area contributed by atoms with Crippen LogP contribution in [0.15, 0.2) is 0 Å². The molecular weight excluding hydrogens is 224 g/mol. The minimum absolute atomic E-state index is 0.670. The van der Waals surface area contributed by atoms with Gasteiger partial charge < -0.3 is 0 Å². The zero-order chi connectivity index (χ0) is 10.3. The molecule has 0 nitrogen and oxygen atoms in total. The molecule has 0 radical (unpaired) electrons. The van der Waals surface area contributed by atoms with Crippen LogP contribution in [0.5, 0.6) is 0 Å². The number of hydrogen-bond acceptors (Lipinski definition) is 0. The van der Waals surface area contributed by atoms with E-state index in [0.29, 0.717) is 4.83 Å². The summed E-state index contributed by atoms with van der Waals surface area (Å²) in [5, 5.41) is 0. The van der Waals surface area contributed by atoms with Crippen molar-refractivity contribution in [2.75, 3.05) is 0 Å². The molecule has 0 N–H and O–H groups in total. The number of alkyl halides is 1. The second kappa shape index (κ2) is 7.84. The van der Waals surface area contributed by atoms with Crippen LogP contribution in [0, 0.1) is 11.8 Å². The summed E-state index contributed by atoms with van der Waals surface area (Å²) in [6.45, 7) is 9.22. The highest BCUT2D eigenvalue weighted by Crippen LogP contribution is 2.25. The maximum absolute atomic E-state index is 3.67. The molecule has 0 saturated heterocycles. The predicted octanol–water partition coefficient (Wildman–Crippen LogP) is 5.01. The number of halogens is 1. The minimum atomic E-state index is 0.670. The molecule has 0 heterocycles. The number of rotatable bonds is 7. The third-order valence-electron chi connectivity index (χ3n) is 3.03. The Hall–Kier alpha value is 0.480. The molecule has 3 atom stereocenters. The maximum atomic E-state index is 3.67. The van der Waals surface area contributed by atoms with Gasteiger partial charge in [0.25, 0.3) is 0 Å². The van der Waals surface area contributed by atoms with Crippen LogP contribution in [0.2, 0.25) is 0 Å². The molecule has 80 valence electrons. The van der Waals surface area contributed by atoms with Gasteiger partial charge in [-0.2, -0.15) is 0 Å². The van der Waals surface area contributed by atoms with E-state index in [1.54, 1.807) is 0 Å². The van der Waals surface area contributed by atoms with Crippen LogP contribution in [0.3, 0.4) is 0 Å². The smallest absolute Gasteiger partial charge is 0.0143 e. The van der Waals surface area contributed by atoms with E-state index < -0.39 is 0 Å². The first-order valence-electron chi connectivity index (χ1n) is 5.75. The molecule has 0 fully saturated rings. The molecule has 0 rings (SSSR count). The van der Waals surface area contributed by atoms with Crippen molar-refractivity contribution in [1.82, 2.24) is 0 Å². The lowest BCUT2D eigenvalue weighted by atomic mass is 9.88. The van der Waals surface area contributed by atoms with Crippen molar-refractivity contribution >= 4 is 15.9 Å². The molecule has 0 aromatic rings. The Morgan fingerprint density at radius 2 is 1.77 bits per heavy atom. The summed E-state index contributed by atoms with van der Waals surface area (Å²) < 4.78 is 0. The zero-order valence-electron chi connectivity index (χ0n) is 9.65. The van der Waals surface area contributed by atoms with Gasteiger partial charge >= 0.3 is 0 Å². The summed E-state index contributed by atoms with van der Waals surface area (Å²) in [5.41, 5.74) is 0. The topological polar surface area (TPSA) is 0 Å². The molecule has 0 saturated carbocycles. The Balaban J connectivity index is 3.69. The summed E-state index contributed by atoms with van der Waals surface area (Å²) in [6.07, 6.45) is 6.92. The fourth-order valence-electron chi connectivity index (χ4n) is 1.69. The highest BCUT2D eigenvalue weighted by Gasteiger charge is 2.14. The van der Waals surface area contributed by atoms with Gasteiger partial charge in [0, 0.05) is 4.83 Å². The van der Waals surface area contributed by atoms with E-state index in [4.69, 9.17) is 0 Å². The van der Waals surface area contributed by atoms with Crippen LogP contribution < -0.4 is 0 Å². The van der Waals surface area contributed by atoms with Crippen LogP contribution >= 0.6 is 15.9 Å². The van der Waals surface area contributed by atoms with Crippen molar-refractivity contribution in [3.05, 3.63) is 0 Å². The highest BCUT2D eigenvalue weighted by atomic mass is 79.9. The molecule has 0 amide bonds. The summed E-state index contributed by atoms with van der Waals surface area (Å²) >= 11 is 3.67. The van der Waals surface area contributed by atoms with Crippen LogP contribution in [-0.2, 0) is 0 Å². The van der Waals surface area contributed by atoms with Gasteiger partial charge in [0.05, 0.1) is 0 Å². The largest absolute Gasteiger partial charge is 0.0891 e. The van der Waals surface area contributed by atoms with Crippen molar-refractivity contribution in [3.63, 3.8) is 0 Å². The van der Waals surface area contributed by atoms with E-state index in [2.05, 4.69) is 43.6 Å². The molecule has 1 heteroatoms. The van der Waals surface area contributed by atoms with E-state index in [0.717, 1.165) is 11.8 Å². The standard InChI is InChI=1S/C12H25Br/c1-5-7-8-12(6-2)9-10(3)11(4)13/h10-12H,5-9H2,1-4H3. The van der Waals surface area contributed by atoms with Crippen molar-refractivity contribution in [2.45, 2.75) is 64.6 Å². The fourth-order valence-corrected chi connectivity index (χ4v) is 1.91. The van der Waals surface area contributed by atoms with Gasteiger partial charge in [0.1, 0.15) is 0 Å². The van der Waals surface area contributed by atoms with Crippen molar-refractivity contribution in [3.8, 4) is 0 Å². The molecule has 0 aromatic heterocycles. The lowest BCUT2D eigenvalue weighted by Gasteiger charge is -2.21. The predicted molar refractivity (Wildman–Crippen MR) is 65.5 cm³/mol.